The minimum atomic E-state index is -1.87. The van der Waals surface area contributed by atoms with Crippen LogP contribution < -0.4 is 0 Å². The van der Waals surface area contributed by atoms with Gasteiger partial charge < -0.3 is 20.1 Å². The maximum atomic E-state index is 12.9. The molecule has 1 aromatic rings. The molecule has 0 fully saturated rings. The zero-order chi connectivity index (χ0) is 13.0. The lowest BCUT2D eigenvalue weighted by molar-refractivity contribution is -0.159. The molecule has 0 aliphatic rings. The van der Waals surface area contributed by atoms with Crippen LogP contribution in [0.2, 0.25) is 0 Å². The zero-order valence-electron chi connectivity index (χ0n) is 9.13. The molecule has 6 heteroatoms. The molecule has 0 aliphatic heterocycles. The van der Waals surface area contributed by atoms with E-state index in [2.05, 4.69) is 4.74 Å². The molecule has 17 heavy (non-hydrogen) atoms. The number of ether oxygens (including phenoxy) is 1. The van der Waals surface area contributed by atoms with E-state index in [1.165, 1.54) is 6.92 Å². The Balaban J connectivity index is 2.91. The van der Waals surface area contributed by atoms with Crippen LogP contribution in [-0.2, 0) is 9.53 Å². The highest BCUT2D eigenvalue weighted by Gasteiger charge is 2.29. The van der Waals surface area contributed by atoms with Crippen LogP contribution in [-0.4, -0.2) is 34.0 Å². The second-order valence-corrected chi connectivity index (χ2v) is 3.34. The minimum Gasteiger partial charge on any atom is -0.508 e. The number of halogens is 1. The number of phenols is 1. The molecule has 0 aromatic heterocycles. The Morgan fingerprint density at radius 3 is 2.71 bits per heavy atom. The lowest BCUT2D eigenvalue weighted by Crippen LogP contribution is -2.30. The molecule has 0 radical (unpaired) electrons. The Bertz CT molecular complexity index is 407. The fourth-order valence-corrected chi connectivity index (χ4v) is 1.29. The predicted molar refractivity (Wildman–Crippen MR) is 55.7 cm³/mol. The van der Waals surface area contributed by atoms with Crippen molar-refractivity contribution in [1.82, 2.24) is 0 Å². The van der Waals surface area contributed by atoms with Crippen molar-refractivity contribution in [2.75, 3.05) is 6.61 Å². The van der Waals surface area contributed by atoms with E-state index in [0.29, 0.717) is 0 Å². The van der Waals surface area contributed by atoms with Crippen molar-refractivity contribution in [2.45, 2.75) is 19.1 Å². The third-order valence-corrected chi connectivity index (χ3v) is 2.14. The summed E-state index contributed by atoms with van der Waals surface area (Å²) in [5.41, 5.74) is -0.273. The van der Waals surface area contributed by atoms with Crippen LogP contribution in [0.1, 0.15) is 18.6 Å². The number of aromatic hydroxyl groups is 1. The van der Waals surface area contributed by atoms with Gasteiger partial charge in [-0.15, -0.1) is 0 Å². The van der Waals surface area contributed by atoms with Gasteiger partial charge in [-0.2, -0.15) is 0 Å². The van der Waals surface area contributed by atoms with Gasteiger partial charge in [-0.05, 0) is 25.1 Å². The molecule has 0 bridgehead atoms. The molecule has 0 heterocycles. The van der Waals surface area contributed by atoms with Crippen molar-refractivity contribution in [2.24, 2.45) is 0 Å². The summed E-state index contributed by atoms with van der Waals surface area (Å²) >= 11 is 0. The molecule has 94 valence electrons. The summed E-state index contributed by atoms with van der Waals surface area (Å²) in [6, 6.07) is 2.84. The van der Waals surface area contributed by atoms with E-state index in [-0.39, 0.29) is 12.2 Å². The summed E-state index contributed by atoms with van der Waals surface area (Å²) in [6.07, 6.45) is -3.62. The summed E-state index contributed by atoms with van der Waals surface area (Å²) in [5.74, 6) is -2.15. The molecule has 0 saturated heterocycles. The highest BCUT2D eigenvalue weighted by molar-refractivity contribution is 5.75. The third-order valence-electron chi connectivity index (χ3n) is 2.14. The molecule has 2 unspecified atom stereocenters. The largest absolute Gasteiger partial charge is 0.508 e. The Morgan fingerprint density at radius 2 is 2.12 bits per heavy atom. The van der Waals surface area contributed by atoms with E-state index in [1.54, 1.807) is 0 Å². The van der Waals surface area contributed by atoms with Crippen LogP contribution in [0.3, 0.4) is 0 Å². The smallest absolute Gasteiger partial charge is 0.338 e. The average molecular weight is 244 g/mol. The van der Waals surface area contributed by atoms with Gasteiger partial charge in [0.1, 0.15) is 17.7 Å². The van der Waals surface area contributed by atoms with Crippen molar-refractivity contribution >= 4 is 5.97 Å². The normalized spacial score (nSPS) is 14.1. The van der Waals surface area contributed by atoms with Gasteiger partial charge in [-0.3, -0.25) is 0 Å². The first-order valence-corrected chi connectivity index (χ1v) is 4.98. The van der Waals surface area contributed by atoms with Gasteiger partial charge in [0.15, 0.2) is 6.10 Å². The number of benzene rings is 1. The second-order valence-electron chi connectivity index (χ2n) is 3.34. The van der Waals surface area contributed by atoms with Crippen LogP contribution in [0.25, 0.3) is 0 Å². The Labute approximate surface area is 97.1 Å². The number of carbonyl (C=O) groups is 1. The summed E-state index contributed by atoms with van der Waals surface area (Å²) in [5, 5.41) is 28.4. The standard InChI is InChI=1S/C11H13FO5/c1-2-17-11(16)10(15)9(14)7-5-6(12)3-4-8(7)13/h3-5,9-10,13-15H,2H2,1H3. The molecule has 0 aliphatic carbocycles. The number of hydrogen-bond acceptors (Lipinski definition) is 5. The fourth-order valence-electron chi connectivity index (χ4n) is 1.29. The SMILES string of the molecule is CCOC(=O)C(O)C(O)c1cc(F)ccc1O. The molecule has 0 amide bonds. The lowest BCUT2D eigenvalue weighted by Gasteiger charge is -2.17. The van der Waals surface area contributed by atoms with Crippen molar-refractivity contribution in [3.8, 4) is 5.75 Å². The molecule has 3 N–H and O–H groups in total. The van der Waals surface area contributed by atoms with E-state index in [1.807, 2.05) is 0 Å². The van der Waals surface area contributed by atoms with Gasteiger partial charge in [-0.25, -0.2) is 9.18 Å². The summed E-state index contributed by atoms with van der Waals surface area (Å²) in [6.45, 7) is 1.58. The Kier molecular flexibility index (Phi) is 4.42. The number of phenolic OH excluding ortho intramolecular Hbond substituents is 1. The van der Waals surface area contributed by atoms with Crippen molar-refractivity contribution in [1.29, 1.82) is 0 Å². The van der Waals surface area contributed by atoms with E-state index in [9.17, 15) is 24.5 Å². The van der Waals surface area contributed by atoms with Crippen molar-refractivity contribution in [3.05, 3.63) is 29.6 Å². The Hall–Kier alpha value is -1.66. The molecule has 0 saturated carbocycles. The van der Waals surface area contributed by atoms with Crippen molar-refractivity contribution in [3.63, 3.8) is 0 Å². The summed E-state index contributed by atoms with van der Waals surface area (Å²) in [7, 11) is 0. The van der Waals surface area contributed by atoms with Gasteiger partial charge in [0, 0.05) is 5.56 Å². The van der Waals surface area contributed by atoms with Crippen LogP contribution in [0, 0.1) is 5.82 Å². The number of esters is 1. The van der Waals surface area contributed by atoms with E-state index < -0.39 is 29.7 Å². The summed E-state index contributed by atoms with van der Waals surface area (Å²) < 4.78 is 17.4. The number of aliphatic hydroxyl groups is 2. The molecule has 2 atom stereocenters. The quantitative estimate of drug-likeness (QED) is 0.671. The number of hydrogen-bond donors (Lipinski definition) is 3. The monoisotopic (exact) mass is 244 g/mol. The summed E-state index contributed by atoms with van der Waals surface area (Å²) in [4.78, 5) is 11.1. The number of aliphatic hydroxyl groups excluding tert-OH is 2. The second kappa shape index (κ2) is 5.60. The van der Waals surface area contributed by atoms with Crippen LogP contribution >= 0.6 is 0 Å². The minimum absolute atomic E-state index is 0.0394. The van der Waals surface area contributed by atoms with Gasteiger partial charge in [0.05, 0.1) is 6.61 Å². The zero-order valence-corrected chi connectivity index (χ0v) is 9.13. The molecule has 0 spiro atoms. The Morgan fingerprint density at radius 1 is 1.47 bits per heavy atom. The van der Waals surface area contributed by atoms with Gasteiger partial charge in [0.25, 0.3) is 0 Å². The topological polar surface area (TPSA) is 87.0 Å². The fraction of sp³-hybridized carbons (Fsp3) is 0.364. The first kappa shape index (κ1) is 13.4. The predicted octanol–water partition coefficient (Wildman–Crippen LogP) is 0.489. The molecular weight excluding hydrogens is 231 g/mol. The maximum absolute atomic E-state index is 12.9. The number of carbonyl (C=O) groups excluding carboxylic acids is 1. The van der Waals surface area contributed by atoms with E-state index in [4.69, 9.17) is 0 Å². The van der Waals surface area contributed by atoms with Crippen LogP contribution in [0.15, 0.2) is 18.2 Å². The van der Waals surface area contributed by atoms with Gasteiger partial charge >= 0.3 is 5.97 Å². The maximum Gasteiger partial charge on any atom is 0.338 e. The number of rotatable bonds is 4. The molecule has 1 rings (SSSR count). The van der Waals surface area contributed by atoms with Crippen molar-refractivity contribution < 1.29 is 29.2 Å². The first-order valence-electron chi connectivity index (χ1n) is 4.98. The van der Waals surface area contributed by atoms with Crippen LogP contribution in [0.4, 0.5) is 4.39 Å². The molecule has 5 nitrogen and oxygen atoms in total. The van der Waals surface area contributed by atoms with Gasteiger partial charge in [-0.1, -0.05) is 0 Å². The highest BCUT2D eigenvalue weighted by Crippen LogP contribution is 2.27. The van der Waals surface area contributed by atoms with E-state index in [0.717, 1.165) is 18.2 Å². The first-order chi connectivity index (χ1) is 7.97. The third kappa shape index (κ3) is 3.15. The lowest BCUT2D eigenvalue weighted by atomic mass is 10.0. The molecular formula is C11H13FO5. The average Bonchev–Trinajstić information content (AvgIpc) is 2.30. The highest BCUT2D eigenvalue weighted by atomic mass is 19.1. The van der Waals surface area contributed by atoms with Gasteiger partial charge in [0.2, 0.25) is 0 Å². The van der Waals surface area contributed by atoms with Crippen LogP contribution in [0.5, 0.6) is 5.75 Å². The van der Waals surface area contributed by atoms with E-state index >= 15 is 0 Å². The molecule has 1 aromatic carbocycles.